The Morgan fingerprint density at radius 3 is 2.84 bits per heavy atom. The molecule has 10 heteroatoms. The average molecular weight is 536 g/mol. The number of hydrogen-bond acceptors (Lipinski definition) is 8. The number of hydrogen-bond donors (Lipinski definition) is 1. The van der Waals surface area contributed by atoms with E-state index in [1.807, 2.05) is 32.5 Å². The molecule has 38 heavy (non-hydrogen) atoms. The molecule has 1 N–H and O–H groups in total. The van der Waals surface area contributed by atoms with Crippen LogP contribution < -0.4 is 4.74 Å². The number of carbonyl (C=O) groups excluding carboxylic acids is 1. The monoisotopic (exact) mass is 535 g/mol. The van der Waals surface area contributed by atoms with Crippen LogP contribution in [0.1, 0.15) is 55.1 Å². The second-order valence-electron chi connectivity index (χ2n) is 10.1. The molecule has 200 valence electrons. The van der Waals surface area contributed by atoms with Gasteiger partial charge in [-0.2, -0.15) is 0 Å². The Morgan fingerprint density at radius 2 is 2.13 bits per heavy atom. The number of aromatic nitrogens is 4. The van der Waals surface area contributed by atoms with Crippen molar-refractivity contribution in [2.45, 2.75) is 58.2 Å². The largest absolute Gasteiger partial charge is 0.479 e. The Morgan fingerprint density at radius 1 is 1.29 bits per heavy atom. The molecule has 0 bridgehead atoms. The number of likely N-dealkylation sites (tertiary alicyclic amines) is 1. The van der Waals surface area contributed by atoms with Gasteiger partial charge in [0.1, 0.15) is 11.7 Å². The maximum atomic E-state index is 13.8. The smallest absolute Gasteiger partial charge is 0.254 e. The highest BCUT2D eigenvalue weighted by molar-refractivity contribution is 7.13. The van der Waals surface area contributed by atoms with E-state index in [1.54, 1.807) is 28.5 Å². The Bertz CT molecular complexity index is 1390. The van der Waals surface area contributed by atoms with Crippen molar-refractivity contribution < 1.29 is 19.2 Å². The van der Waals surface area contributed by atoms with Crippen LogP contribution in [0.5, 0.6) is 5.88 Å². The van der Waals surface area contributed by atoms with Gasteiger partial charge in [0.15, 0.2) is 5.76 Å². The van der Waals surface area contributed by atoms with Crippen LogP contribution >= 0.6 is 11.3 Å². The third-order valence-electron chi connectivity index (χ3n) is 7.14. The fraction of sp³-hybridized carbons (Fsp3) is 0.429. The lowest BCUT2D eigenvalue weighted by Gasteiger charge is -2.29. The van der Waals surface area contributed by atoms with E-state index in [0.717, 1.165) is 17.9 Å². The lowest BCUT2D eigenvalue weighted by molar-refractivity contribution is -0.135. The van der Waals surface area contributed by atoms with Gasteiger partial charge < -0.3 is 23.8 Å². The lowest BCUT2D eigenvalue weighted by atomic mass is 9.91. The summed E-state index contributed by atoms with van der Waals surface area (Å²) < 4.78 is 12.7. The van der Waals surface area contributed by atoms with E-state index in [1.165, 1.54) is 23.1 Å². The molecular formula is C28H33N5O4S. The van der Waals surface area contributed by atoms with Gasteiger partial charge in [0, 0.05) is 38.0 Å². The van der Waals surface area contributed by atoms with E-state index >= 15 is 0 Å². The van der Waals surface area contributed by atoms with Gasteiger partial charge in [-0.15, -0.1) is 11.3 Å². The quantitative estimate of drug-likeness (QED) is 0.333. The van der Waals surface area contributed by atoms with Crippen LogP contribution in [0.3, 0.4) is 0 Å². The van der Waals surface area contributed by atoms with Crippen molar-refractivity contribution in [2.75, 3.05) is 13.7 Å². The van der Waals surface area contributed by atoms with E-state index < -0.39 is 12.0 Å². The molecular weight excluding hydrogens is 502 g/mol. The fourth-order valence-corrected chi connectivity index (χ4v) is 6.04. The van der Waals surface area contributed by atoms with Crippen LogP contribution in [-0.4, -0.2) is 55.4 Å². The number of thiazole rings is 1. The van der Waals surface area contributed by atoms with Crippen LogP contribution in [0.15, 0.2) is 52.8 Å². The molecule has 1 fully saturated rings. The van der Waals surface area contributed by atoms with Crippen LogP contribution in [0.4, 0.5) is 0 Å². The molecule has 1 saturated heterocycles. The predicted octanol–water partition coefficient (Wildman–Crippen LogP) is 4.63. The molecule has 0 radical (unpaired) electrons. The lowest BCUT2D eigenvalue weighted by Crippen LogP contribution is -2.38. The maximum Gasteiger partial charge on any atom is 0.254 e. The topological polar surface area (TPSA) is 107 Å². The number of ether oxygens (including phenoxy) is 1. The number of nitrogens with zero attached hydrogens (tertiary/aromatic N) is 5. The number of methoxy groups -OCH3 is 1. The minimum Gasteiger partial charge on any atom is -0.479 e. The second-order valence-corrected chi connectivity index (χ2v) is 10.9. The number of aryl methyl sites for hydroxylation is 3. The highest BCUT2D eigenvalue weighted by Gasteiger charge is 2.42. The van der Waals surface area contributed by atoms with E-state index in [-0.39, 0.29) is 24.4 Å². The number of aliphatic hydroxyl groups excluding tert-OH is 1. The summed E-state index contributed by atoms with van der Waals surface area (Å²) >= 11 is 1.65. The van der Waals surface area contributed by atoms with Gasteiger partial charge in [-0.05, 0) is 35.5 Å². The SMILES string of the molecule is COc1cc(C(C(=O)N2C[C@H](O)C[C@H]2c2nccn2CCc2cccc(-c3scnc3C)c2)C(C)C)on1. The first-order valence-electron chi connectivity index (χ1n) is 12.8. The molecule has 0 aliphatic carbocycles. The van der Waals surface area contributed by atoms with Crippen molar-refractivity contribution in [2.24, 2.45) is 5.92 Å². The van der Waals surface area contributed by atoms with Crippen molar-refractivity contribution in [3.63, 3.8) is 0 Å². The summed E-state index contributed by atoms with van der Waals surface area (Å²) in [6.45, 7) is 6.94. The first-order valence-corrected chi connectivity index (χ1v) is 13.7. The van der Waals surface area contributed by atoms with Gasteiger partial charge in [0.2, 0.25) is 5.91 Å². The third-order valence-corrected chi connectivity index (χ3v) is 8.12. The number of β-amino-alcohol motifs (C(OH)–C–C–N with tert-alkyl or cyclic N) is 1. The molecule has 0 saturated carbocycles. The van der Waals surface area contributed by atoms with Crippen LogP contribution in [-0.2, 0) is 17.8 Å². The van der Waals surface area contributed by atoms with Gasteiger partial charge in [-0.25, -0.2) is 9.97 Å². The Hall–Kier alpha value is -3.50. The second kappa shape index (κ2) is 11.1. The fourth-order valence-electron chi connectivity index (χ4n) is 5.23. The van der Waals surface area contributed by atoms with E-state index in [9.17, 15) is 9.90 Å². The van der Waals surface area contributed by atoms with Crippen molar-refractivity contribution >= 4 is 17.2 Å². The Balaban J connectivity index is 1.35. The minimum atomic E-state index is -0.620. The van der Waals surface area contributed by atoms with Crippen LogP contribution in [0, 0.1) is 12.8 Å². The molecule has 5 rings (SSSR count). The molecule has 1 aliphatic heterocycles. The van der Waals surface area contributed by atoms with Gasteiger partial charge in [0.25, 0.3) is 5.88 Å². The Labute approximate surface area is 226 Å². The summed E-state index contributed by atoms with van der Waals surface area (Å²) in [5.41, 5.74) is 5.30. The van der Waals surface area contributed by atoms with E-state index in [0.29, 0.717) is 24.6 Å². The van der Waals surface area contributed by atoms with Crippen molar-refractivity contribution in [3.8, 4) is 16.3 Å². The predicted molar refractivity (Wildman–Crippen MR) is 144 cm³/mol. The molecule has 1 aliphatic rings. The summed E-state index contributed by atoms with van der Waals surface area (Å²) in [7, 11) is 1.51. The zero-order valence-electron chi connectivity index (χ0n) is 22.1. The summed E-state index contributed by atoms with van der Waals surface area (Å²) in [6.07, 6.45) is 4.34. The van der Waals surface area contributed by atoms with Crippen molar-refractivity contribution in [1.29, 1.82) is 0 Å². The van der Waals surface area contributed by atoms with E-state index in [2.05, 4.69) is 44.0 Å². The van der Waals surface area contributed by atoms with Crippen LogP contribution in [0.25, 0.3) is 10.4 Å². The van der Waals surface area contributed by atoms with Crippen LogP contribution in [0.2, 0.25) is 0 Å². The first-order chi connectivity index (χ1) is 18.4. The molecule has 3 atom stereocenters. The molecule has 0 spiro atoms. The summed E-state index contributed by atoms with van der Waals surface area (Å²) in [6, 6.07) is 9.87. The highest BCUT2D eigenvalue weighted by atomic mass is 32.1. The minimum absolute atomic E-state index is 0.0345. The molecule has 1 aromatic carbocycles. The number of imidazole rings is 1. The molecule has 1 amide bonds. The first kappa shape index (κ1) is 26.1. The number of amides is 1. The van der Waals surface area contributed by atoms with Crippen molar-refractivity contribution in [1.82, 2.24) is 24.6 Å². The highest BCUT2D eigenvalue weighted by Crippen LogP contribution is 2.37. The van der Waals surface area contributed by atoms with Gasteiger partial charge in [-0.3, -0.25) is 4.79 Å². The normalized spacial score (nSPS) is 18.3. The van der Waals surface area contributed by atoms with Crippen molar-refractivity contribution in [3.05, 3.63) is 71.1 Å². The number of aliphatic hydroxyl groups is 1. The van der Waals surface area contributed by atoms with Gasteiger partial charge in [0.05, 0.1) is 35.3 Å². The number of carbonyl (C=O) groups is 1. The summed E-state index contributed by atoms with van der Waals surface area (Å²) in [5.74, 6) is 0.890. The van der Waals surface area contributed by atoms with Gasteiger partial charge in [-0.1, -0.05) is 38.1 Å². The summed E-state index contributed by atoms with van der Waals surface area (Å²) in [4.78, 5) is 25.8. The zero-order chi connectivity index (χ0) is 26.8. The Kier molecular flexibility index (Phi) is 7.62. The molecule has 4 aromatic rings. The molecule has 9 nitrogen and oxygen atoms in total. The number of rotatable bonds is 9. The maximum absolute atomic E-state index is 13.8. The summed E-state index contributed by atoms with van der Waals surface area (Å²) in [5, 5.41) is 14.5. The average Bonchev–Trinajstić information content (AvgIpc) is 3.70. The van der Waals surface area contributed by atoms with Gasteiger partial charge >= 0.3 is 0 Å². The van der Waals surface area contributed by atoms with E-state index in [4.69, 9.17) is 9.26 Å². The molecule has 3 aromatic heterocycles. The molecule has 1 unspecified atom stereocenters. The number of benzene rings is 1. The zero-order valence-corrected chi connectivity index (χ0v) is 22.9. The third kappa shape index (κ3) is 5.23. The standard InChI is InChI=1S/C28H33N5O4S/c1-17(2)25(23-14-24(36-4)31-37-23)28(35)33-15-21(34)13-22(33)27-29-9-11-32(27)10-8-19-6-5-7-20(12-19)26-18(3)30-16-38-26/h5-7,9,11-12,14,16-17,21-22,25,34H,8,10,13,15H2,1-4H3/t21-,22+,25?/m1/s1. The molecule has 4 heterocycles.